The SMILES string of the molecule is CNC1CCc2c(ccc3c2CCCC3)NC1=O. The molecule has 0 bridgehead atoms. The van der Waals surface area contributed by atoms with Crippen LogP contribution in [0.5, 0.6) is 0 Å². The van der Waals surface area contributed by atoms with E-state index in [4.69, 9.17) is 0 Å². The molecule has 3 heteroatoms. The van der Waals surface area contributed by atoms with Gasteiger partial charge in [0.2, 0.25) is 5.91 Å². The molecule has 1 unspecified atom stereocenters. The molecule has 96 valence electrons. The van der Waals surface area contributed by atoms with Crippen molar-refractivity contribution >= 4 is 11.6 Å². The molecule has 18 heavy (non-hydrogen) atoms. The van der Waals surface area contributed by atoms with Gasteiger partial charge in [0.05, 0.1) is 6.04 Å². The van der Waals surface area contributed by atoms with Gasteiger partial charge in [-0.25, -0.2) is 0 Å². The average Bonchev–Trinajstić information content (AvgIpc) is 2.57. The van der Waals surface area contributed by atoms with E-state index in [-0.39, 0.29) is 11.9 Å². The van der Waals surface area contributed by atoms with E-state index in [1.54, 1.807) is 0 Å². The van der Waals surface area contributed by atoms with Gasteiger partial charge in [0.15, 0.2) is 0 Å². The number of aryl methyl sites for hydroxylation is 1. The second kappa shape index (κ2) is 4.73. The number of fused-ring (bicyclic) bond motifs is 3. The standard InChI is InChI=1S/C15H20N2O/c1-16-14-9-7-12-11-5-3-2-4-10(11)6-8-13(12)17-15(14)18/h6,8,14,16H,2-5,7,9H2,1H3,(H,17,18). The van der Waals surface area contributed by atoms with Crippen LogP contribution >= 0.6 is 0 Å². The Bertz CT molecular complexity index is 482. The summed E-state index contributed by atoms with van der Waals surface area (Å²) in [7, 11) is 1.86. The summed E-state index contributed by atoms with van der Waals surface area (Å²) in [5.74, 6) is 0.104. The quantitative estimate of drug-likeness (QED) is 0.793. The highest BCUT2D eigenvalue weighted by molar-refractivity contribution is 5.96. The van der Waals surface area contributed by atoms with Crippen molar-refractivity contribution in [2.75, 3.05) is 12.4 Å². The first-order valence-electron chi connectivity index (χ1n) is 6.91. The van der Waals surface area contributed by atoms with Gasteiger partial charge in [-0.3, -0.25) is 4.79 Å². The van der Waals surface area contributed by atoms with Gasteiger partial charge in [-0.15, -0.1) is 0 Å². The Hall–Kier alpha value is -1.35. The molecule has 1 atom stereocenters. The molecule has 1 heterocycles. The third kappa shape index (κ3) is 1.93. The first kappa shape index (κ1) is 11.7. The van der Waals surface area contributed by atoms with Crippen LogP contribution in [0.25, 0.3) is 0 Å². The monoisotopic (exact) mass is 244 g/mol. The van der Waals surface area contributed by atoms with Gasteiger partial charge in [-0.1, -0.05) is 6.07 Å². The molecule has 0 radical (unpaired) electrons. The molecule has 1 aromatic rings. The molecule has 0 spiro atoms. The van der Waals surface area contributed by atoms with Crippen molar-refractivity contribution in [3.8, 4) is 0 Å². The zero-order valence-corrected chi connectivity index (χ0v) is 10.9. The van der Waals surface area contributed by atoms with Crippen LogP contribution in [0.3, 0.4) is 0 Å². The number of rotatable bonds is 1. The minimum Gasteiger partial charge on any atom is -0.324 e. The molecule has 3 rings (SSSR count). The Morgan fingerprint density at radius 2 is 2.00 bits per heavy atom. The van der Waals surface area contributed by atoms with E-state index in [1.807, 2.05) is 7.05 Å². The van der Waals surface area contributed by atoms with Gasteiger partial charge in [-0.2, -0.15) is 0 Å². The molecule has 1 amide bonds. The van der Waals surface area contributed by atoms with Gasteiger partial charge in [0.1, 0.15) is 0 Å². The predicted octanol–water partition coefficient (Wildman–Crippen LogP) is 2.04. The summed E-state index contributed by atoms with van der Waals surface area (Å²) in [5, 5.41) is 6.17. The summed E-state index contributed by atoms with van der Waals surface area (Å²) in [6, 6.07) is 4.24. The first-order chi connectivity index (χ1) is 8.79. The number of likely N-dealkylation sites (N-methyl/N-ethyl adjacent to an activating group) is 1. The fourth-order valence-electron chi connectivity index (χ4n) is 3.22. The van der Waals surface area contributed by atoms with Crippen LogP contribution in [-0.4, -0.2) is 19.0 Å². The number of carbonyl (C=O) groups excluding carboxylic acids is 1. The Morgan fingerprint density at radius 1 is 1.17 bits per heavy atom. The van der Waals surface area contributed by atoms with Crippen molar-refractivity contribution in [3.63, 3.8) is 0 Å². The second-order valence-electron chi connectivity index (χ2n) is 5.31. The van der Waals surface area contributed by atoms with E-state index in [2.05, 4.69) is 22.8 Å². The minimum absolute atomic E-state index is 0.0587. The highest BCUT2D eigenvalue weighted by Gasteiger charge is 2.25. The lowest BCUT2D eigenvalue weighted by atomic mass is 9.86. The van der Waals surface area contributed by atoms with Gasteiger partial charge in [0.25, 0.3) is 0 Å². The molecule has 0 saturated carbocycles. The molecule has 2 N–H and O–H groups in total. The molecule has 1 aromatic carbocycles. The van der Waals surface area contributed by atoms with Crippen molar-refractivity contribution in [1.82, 2.24) is 5.32 Å². The van der Waals surface area contributed by atoms with Gasteiger partial charge < -0.3 is 10.6 Å². The Kier molecular flexibility index (Phi) is 3.08. The van der Waals surface area contributed by atoms with E-state index in [0.717, 1.165) is 18.5 Å². The lowest BCUT2D eigenvalue weighted by Gasteiger charge is -2.21. The molecular formula is C15H20N2O. The third-order valence-corrected chi connectivity index (χ3v) is 4.26. The van der Waals surface area contributed by atoms with Crippen LogP contribution in [-0.2, 0) is 24.1 Å². The molecule has 3 nitrogen and oxygen atoms in total. The maximum absolute atomic E-state index is 12.0. The van der Waals surface area contributed by atoms with Crippen LogP contribution in [0.2, 0.25) is 0 Å². The van der Waals surface area contributed by atoms with Crippen LogP contribution in [0.1, 0.15) is 36.0 Å². The van der Waals surface area contributed by atoms with Crippen LogP contribution < -0.4 is 10.6 Å². The highest BCUT2D eigenvalue weighted by Crippen LogP contribution is 2.32. The van der Waals surface area contributed by atoms with Gasteiger partial charge in [0, 0.05) is 5.69 Å². The minimum atomic E-state index is -0.0587. The molecule has 1 aliphatic carbocycles. The lowest BCUT2D eigenvalue weighted by Crippen LogP contribution is -2.37. The average molecular weight is 244 g/mol. The molecular weight excluding hydrogens is 224 g/mol. The number of hydrogen-bond donors (Lipinski definition) is 2. The topological polar surface area (TPSA) is 41.1 Å². The maximum atomic E-state index is 12.0. The first-order valence-corrected chi connectivity index (χ1v) is 6.91. The molecule has 1 aliphatic heterocycles. The summed E-state index contributed by atoms with van der Waals surface area (Å²) in [5.41, 5.74) is 5.43. The summed E-state index contributed by atoms with van der Waals surface area (Å²) < 4.78 is 0. The van der Waals surface area contributed by atoms with Crippen LogP contribution in [0, 0.1) is 0 Å². The third-order valence-electron chi connectivity index (χ3n) is 4.26. The van der Waals surface area contributed by atoms with Gasteiger partial charge >= 0.3 is 0 Å². The predicted molar refractivity (Wildman–Crippen MR) is 72.9 cm³/mol. The van der Waals surface area contributed by atoms with E-state index in [1.165, 1.54) is 42.4 Å². The fourth-order valence-corrected chi connectivity index (χ4v) is 3.22. The van der Waals surface area contributed by atoms with Crippen molar-refractivity contribution in [2.24, 2.45) is 0 Å². The maximum Gasteiger partial charge on any atom is 0.241 e. The smallest absolute Gasteiger partial charge is 0.241 e. The van der Waals surface area contributed by atoms with E-state index in [0.29, 0.717) is 0 Å². The number of carbonyl (C=O) groups is 1. The van der Waals surface area contributed by atoms with Gasteiger partial charge in [-0.05, 0) is 68.3 Å². The Balaban J connectivity index is 2.00. The number of nitrogens with one attached hydrogen (secondary N) is 2. The molecule has 0 fully saturated rings. The van der Waals surface area contributed by atoms with Crippen molar-refractivity contribution in [2.45, 2.75) is 44.6 Å². The summed E-state index contributed by atoms with van der Waals surface area (Å²) in [4.78, 5) is 12.0. The number of benzene rings is 1. The van der Waals surface area contributed by atoms with Crippen LogP contribution in [0.4, 0.5) is 5.69 Å². The summed E-state index contributed by atoms with van der Waals surface area (Å²) >= 11 is 0. The van der Waals surface area contributed by atoms with Crippen molar-refractivity contribution in [3.05, 3.63) is 28.8 Å². The van der Waals surface area contributed by atoms with E-state index < -0.39 is 0 Å². The zero-order chi connectivity index (χ0) is 12.5. The molecule has 2 aliphatic rings. The second-order valence-corrected chi connectivity index (χ2v) is 5.31. The molecule has 0 saturated heterocycles. The van der Waals surface area contributed by atoms with Crippen molar-refractivity contribution < 1.29 is 4.79 Å². The number of hydrogen-bond acceptors (Lipinski definition) is 2. The highest BCUT2D eigenvalue weighted by atomic mass is 16.2. The molecule has 0 aromatic heterocycles. The number of amides is 1. The lowest BCUT2D eigenvalue weighted by molar-refractivity contribution is -0.118. The number of anilines is 1. The summed E-state index contributed by atoms with van der Waals surface area (Å²) in [6.45, 7) is 0. The Morgan fingerprint density at radius 3 is 2.83 bits per heavy atom. The van der Waals surface area contributed by atoms with Crippen LogP contribution in [0.15, 0.2) is 12.1 Å². The van der Waals surface area contributed by atoms with E-state index in [9.17, 15) is 4.79 Å². The Labute approximate surface area is 108 Å². The van der Waals surface area contributed by atoms with E-state index >= 15 is 0 Å². The fraction of sp³-hybridized carbons (Fsp3) is 0.533. The largest absolute Gasteiger partial charge is 0.324 e. The summed E-state index contributed by atoms with van der Waals surface area (Å²) in [6.07, 6.45) is 6.86. The normalized spacial score (nSPS) is 22.7. The zero-order valence-electron chi connectivity index (χ0n) is 10.9. The van der Waals surface area contributed by atoms with Crippen molar-refractivity contribution in [1.29, 1.82) is 0 Å².